The Kier molecular flexibility index (Phi) is 5.52. The van der Waals surface area contributed by atoms with Crippen molar-refractivity contribution in [2.45, 2.75) is 6.92 Å². The average molecular weight is 272 g/mol. The lowest BCUT2D eigenvalue weighted by molar-refractivity contribution is 0.491. The highest BCUT2D eigenvalue weighted by atomic mass is 127. The number of thioether (sulfide) groups is 1. The molecule has 10 heavy (non-hydrogen) atoms. The van der Waals surface area contributed by atoms with E-state index < -0.39 is 0 Å². The highest BCUT2D eigenvalue weighted by molar-refractivity contribution is 14.0. The van der Waals surface area contributed by atoms with Gasteiger partial charge >= 0.3 is 0 Å². The standard InChI is InChI=1S/C6H12N2S.HI/c1-3-8-5-4-7-6(8)9-2;/h3-5H2,1-2H3;1H. The van der Waals surface area contributed by atoms with E-state index in [-0.39, 0.29) is 24.0 Å². The maximum absolute atomic E-state index is 4.31. The molecular formula is C6H13IN2S. The minimum atomic E-state index is 0. The smallest absolute Gasteiger partial charge is 0.159 e. The van der Waals surface area contributed by atoms with Crippen LogP contribution in [0.15, 0.2) is 4.99 Å². The van der Waals surface area contributed by atoms with Crippen LogP contribution < -0.4 is 0 Å². The van der Waals surface area contributed by atoms with E-state index in [9.17, 15) is 0 Å². The largest absolute Gasteiger partial charge is 0.350 e. The van der Waals surface area contributed by atoms with Crippen LogP contribution in [0.5, 0.6) is 0 Å². The van der Waals surface area contributed by atoms with Gasteiger partial charge in [-0.05, 0) is 13.2 Å². The van der Waals surface area contributed by atoms with E-state index >= 15 is 0 Å². The third-order valence-corrected chi connectivity index (χ3v) is 2.20. The number of amidine groups is 1. The van der Waals surface area contributed by atoms with E-state index in [1.807, 2.05) is 0 Å². The van der Waals surface area contributed by atoms with Crippen LogP contribution in [0, 0.1) is 0 Å². The van der Waals surface area contributed by atoms with Crippen LogP contribution in [-0.4, -0.2) is 36.0 Å². The summed E-state index contributed by atoms with van der Waals surface area (Å²) in [5, 5.41) is 1.21. The number of halogens is 1. The van der Waals surface area contributed by atoms with E-state index in [0.717, 1.165) is 19.6 Å². The molecular weight excluding hydrogens is 259 g/mol. The van der Waals surface area contributed by atoms with Crippen LogP contribution in [0.1, 0.15) is 6.92 Å². The molecule has 0 aromatic carbocycles. The van der Waals surface area contributed by atoms with Crippen LogP contribution in [0.4, 0.5) is 0 Å². The first kappa shape index (κ1) is 10.6. The first-order valence-corrected chi connectivity index (χ1v) is 4.44. The molecule has 0 aromatic rings. The number of likely N-dealkylation sites (N-methyl/N-ethyl adjacent to an activating group) is 1. The highest BCUT2D eigenvalue weighted by Gasteiger charge is 2.12. The summed E-state index contributed by atoms with van der Waals surface area (Å²) in [7, 11) is 0. The molecule has 1 aliphatic rings. The van der Waals surface area contributed by atoms with Gasteiger partial charge < -0.3 is 4.90 Å². The van der Waals surface area contributed by atoms with Crippen LogP contribution in [-0.2, 0) is 0 Å². The topological polar surface area (TPSA) is 15.6 Å². The van der Waals surface area contributed by atoms with Gasteiger partial charge in [0.15, 0.2) is 5.17 Å². The van der Waals surface area contributed by atoms with E-state index in [4.69, 9.17) is 0 Å². The van der Waals surface area contributed by atoms with Gasteiger partial charge in [0.05, 0.1) is 6.54 Å². The fourth-order valence-electron chi connectivity index (χ4n) is 0.949. The van der Waals surface area contributed by atoms with Crippen LogP contribution >= 0.6 is 35.7 Å². The Bertz CT molecular complexity index is 127. The lowest BCUT2D eigenvalue weighted by atomic mass is 10.6. The number of nitrogens with zero attached hydrogens (tertiary/aromatic N) is 2. The molecule has 0 fully saturated rings. The first-order valence-electron chi connectivity index (χ1n) is 3.22. The number of aliphatic imine (C=N–C) groups is 1. The number of hydrogen-bond acceptors (Lipinski definition) is 3. The van der Waals surface area contributed by atoms with Crippen molar-refractivity contribution in [1.29, 1.82) is 0 Å². The first-order chi connectivity index (χ1) is 4.38. The van der Waals surface area contributed by atoms with Gasteiger partial charge in [-0.15, -0.1) is 24.0 Å². The van der Waals surface area contributed by atoms with E-state index in [2.05, 4.69) is 23.1 Å². The van der Waals surface area contributed by atoms with Gasteiger partial charge in [-0.3, -0.25) is 4.99 Å². The second-order valence-corrected chi connectivity index (χ2v) is 2.72. The van der Waals surface area contributed by atoms with Crippen molar-refractivity contribution in [2.75, 3.05) is 25.9 Å². The van der Waals surface area contributed by atoms with Crippen LogP contribution in [0.2, 0.25) is 0 Å². The van der Waals surface area contributed by atoms with Gasteiger partial charge in [-0.2, -0.15) is 0 Å². The molecule has 1 aliphatic heterocycles. The molecule has 0 spiro atoms. The Morgan fingerprint density at radius 2 is 2.40 bits per heavy atom. The molecule has 60 valence electrons. The zero-order chi connectivity index (χ0) is 6.69. The molecule has 1 rings (SSSR count). The van der Waals surface area contributed by atoms with Crippen molar-refractivity contribution in [3.63, 3.8) is 0 Å². The Labute approximate surface area is 83.5 Å². The summed E-state index contributed by atoms with van der Waals surface area (Å²) in [5.41, 5.74) is 0. The van der Waals surface area contributed by atoms with E-state index in [0.29, 0.717) is 0 Å². The summed E-state index contributed by atoms with van der Waals surface area (Å²) in [6.45, 7) is 5.37. The SMILES string of the molecule is CCN1CCN=C1SC.I. The minimum absolute atomic E-state index is 0. The highest BCUT2D eigenvalue weighted by Crippen LogP contribution is 2.09. The predicted octanol–water partition coefficient (Wildman–Crippen LogP) is 1.66. The van der Waals surface area contributed by atoms with Gasteiger partial charge in [0.25, 0.3) is 0 Å². The fourth-order valence-corrected chi connectivity index (χ4v) is 1.65. The average Bonchev–Trinajstić information content (AvgIpc) is 2.33. The number of rotatable bonds is 1. The molecule has 0 radical (unpaired) electrons. The molecule has 0 bridgehead atoms. The molecule has 0 aliphatic carbocycles. The summed E-state index contributed by atoms with van der Waals surface area (Å²) in [6.07, 6.45) is 2.08. The van der Waals surface area contributed by atoms with E-state index in [1.165, 1.54) is 5.17 Å². The minimum Gasteiger partial charge on any atom is -0.350 e. The maximum atomic E-state index is 4.31. The predicted molar refractivity (Wildman–Crippen MR) is 58.5 cm³/mol. The Hall–Kier alpha value is 0.550. The van der Waals surface area contributed by atoms with Crippen LogP contribution in [0.25, 0.3) is 0 Å². The third kappa shape index (κ3) is 2.30. The normalized spacial score (nSPS) is 16.6. The fraction of sp³-hybridized carbons (Fsp3) is 0.833. The zero-order valence-electron chi connectivity index (χ0n) is 6.33. The Morgan fingerprint density at radius 1 is 1.70 bits per heavy atom. The maximum Gasteiger partial charge on any atom is 0.159 e. The van der Waals surface area contributed by atoms with Gasteiger partial charge in [0, 0.05) is 13.1 Å². The summed E-state index contributed by atoms with van der Waals surface area (Å²) in [5.74, 6) is 0. The summed E-state index contributed by atoms with van der Waals surface area (Å²) in [4.78, 5) is 6.61. The molecule has 0 N–H and O–H groups in total. The van der Waals surface area contributed by atoms with Crippen molar-refractivity contribution >= 4 is 40.9 Å². The monoisotopic (exact) mass is 272 g/mol. The van der Waals surface area contributed by atoms with Crippen molar-refractivity contribution in [1.82, 2.24) is 4.90 Å². The zero-order valence-corrected chi connectivity index (χ0v) is 9.48. The Morgan fingerprint density at radius 3 is 2.80 bits per heavy atom. The number of hydrogen-bond donors (Lipinski definition) is 0. The molecule has 0 aromatic heterocycles. The van der Waals surface area contributed by atoms with Crippen molar-refractivity contribution in [2.24, 2.45) is 4.99 Å². The molecule has 0 amide bonds. The molecule has 4 heteroatoms. The summed E-state index contributed by atoms with van der Waals surface area (Å²) >= 11 is 1.74. The molecule has 0 saturated heterocycles. The molecule has 0 saturated carbocycles. The van der Waals surface area contributed by atoms with Gasteiger partial charge in [-0.25, -0.2) is 0 Å². The van der Waals surface area contributed by atoms with Crippen molar-refractivity contribution in [3.05, 3.63) is 0 Å². The lowest BCUT2D eigenvalue weighted by Gasteiger charge is -2.14. The second-order valence-electron chi connectivity index (χ2n) is 1.95. The van der Waals surface area contributed by atoms with E-state index in [1.54, 1.807) is 11.8 Å². The van der Waals surface area contributed by atoms with Gasteiger partial charge in [0.2, 0.25) is 0 Å². The van der Waals surface area contributed by atoms with Crippen molar-refractivity contribution in [3.8, 4) is 0 Å². The Balaban J connectivity index is 0.000000810. The quantitative estimate of drug-likeness (QED) is 0.675. The molecule has 1 heterocycles. The van der Waals surface area contributed by atoms with Gasteiger partial charge in [-0.1, -0.05) is 11.8 Å². The molecule has 0 atom stereocenters. The third-order valence-electron chi connectivity index (χ3n) is 1.45. The lowest BCUT2D eigenvalue weighted by Crippen LogP contribution is -2.24. The summed E-state index contributed by atoms with van der Waals surface area (Å²) in [6, 6.07) is 0. The van der Waals surface area contributed by atoms with Gasteiger partial charge in [0.1, 0.15) is 0 Å². The molecule has 2 nitrogen and oxygen atoms in total. The van der Waals surface area contributed by atoms with Crippen LogP contribution in [0.3, 0.4) is 0 Å². The second kappa shape index (κ2) is 5.23. The van der Waals surface area contributed by atoms with Crippen molar-refractivity contribution < 1.29 is 0 Å². The summed E-state index contributed by atoms with van der Waals surface area (Å²) < 4.78 is 0. The molecule has 0 unspecified atom stereocenters.